The molecule has 1 aliphatic rings. The van der Waals surface area contributed by atoms with Crippen LogP contribution in [-0.2, 0) is 13.0 Å². The first-order chi connectivity index (χ1) is 14.1. The molecular weight excluding hydrogens is 366 g/mol. The zero-order valence-corrected chi connectivity index (χ0v) is 17.1. The van der Waals surface area contributed by atoms with E-state index in [-0.39, 0.29) is 18.0 Å². The number of likely N-dealkylation sites (tertiary alicyclic amines) is 1. The molecule has 6 nitrogen and oxygen atoms in total. The number of amides is 3. The number of carbonyl (C=O) groups excluding carboxylic acids is 2. The maximum Gasteiger partial charge on any atom is 0.315 e. The van der Waals surface area contributed by atoms with Crippen molar-refractivity contribution in [3.05, 3.63) is 65.2 Å². The van der Waals surface area contributed by atoms with Crippen LogP contribution in [-0.4, -0.2) is 43.1 Å². The van der Waals surface area contributed by atoms with Gasteiger partial charge in [0, 0.05) is 31.2 Å². The summed E-state index contributed by atoms with van der Waals surface area (Å²) in [5.74, 6) is 0.864. The van der Waals surface area contributed by atoms with E-state index >= 15 is 0 Å². The molecule has 1 saturated heterocycles. The van der Waals surface area contributed by atoms with Gasteiger partial charge >= 0.3 is 6.03 Å². The van der Waals surface area contributed by atoms with Crippen LogP contribution in [0.15, 0.2) is 48.5 Å². The molecule has 0 unspecified atom stereocenters. The molecule has 1 aliphatic heterocycles. The van der Waals surface area contributed by atoms with E-state index in [9.17, 15) is 9.59 Å². The number of nitrogens with one attached hydrogen (secondary N) is 2. The van der Waals surface area contributed by atoms with Gasteiger partial charge in [0.05, 0.1) is 7.11 Å². The maximum absolute atomic E-state index is 12.7. The average Bonchev–Trinajstić information content (AvgIpc) is 2.78. The molecule has 0 atom stereocenters. The number of nitrogens with zero attached hydrogens (tertiary/aromatic N) is 1. The van der Waals surface area contributed by atoms with Crippen LogP contribution in [0, 0.1) is 0 Å². The lowest BCUT2D eigenvalue weighted by Crippen LogP contribution is -2.49. The lowest BCUT2D eigenvalue weighted by Gasteiger charge is -2.32. The van der Waals surface area contributed by atoms with Crippen molar-refractivity contribution in [2.24, 2.45) is 0 Å². The molecule has 0 spiro atoms. The summed E-state index contributed by atoms with van der Waals surface area (Å²) in [6.45, 7) is 3.85. The Balaban J connectivity index is 1.42. The predicted octanol–water partition coefficient (Wildman–Crippen LogP) is 3.36. The molecule has 6 heteroatoms. The Bertz CT molecular complexity index is 828. The minimum atomic E-state index is -0.179. The van der Waals surface area contributed by atoms with Crippen molar-refractivity contribution in [2.75, 3.05) is 20.2 Å². The molecule has 154 valence electrons. The van der Waals surface area contributed by atoms with Crippen molar-refractivity contribution in [1.29, 1.82) is 0 Å². The number of hydrogen-bond acceptors (Lipinski definition) is 3. The second kappa shape index (κ2) is 9.96. The van der Waals surface area contributed by atoms with E-state index in [1.54, 1.807) is 7.11 Å². The van der Waals surface area contributed by atoms with Crippen LogP contribution in [0.4, 0.5) is 4.79 Å². The average molecular weight is 396 g/mol. The van der Waals surface area contributed by atoms with Gasteiger partial charge in [-0.1, -0.05) is 31.2 Å². The number of benzene rings is 2. The van der Waals surface area contributed by atoms with Gasteiger partial charge in [-0.3, -0.25) is 4.79 Å². The first-order valence-corrected chi connectivity index (χ1v) is 10.1. The third-order valence-corrected chi connectivity index (χ3v) is 5.31. The fraction of sp³-hybridized carbons (Fsp3) is 0.391. The van der Waals surface area contributed by atoms with E-state index in [1.807, 2.05) is 53.4 Å². The van der Waals surface area contributed by atoms with Crippen LogP contribution in [0.3, 0.4) is 0 Å². The van der Waals surface area contributed by atoms with E-state index in [4.69, 9.17) is 4.74 Å². The zero-order valence-electron chi connectivity index (χ0n) is 17.1. The SMILES string of the molecule is CCc1cccc(C(=O)N2CCC(NC(=O)NCc3ccc(OC)cc3)CC2)c1. The number of aryl methyl sites for hydroxylation is 1. The fourth-order valence-corrected chi connectivity index (χ4v) is 3.50. The molecule has 0 aromatic heterocycles. The van der Waals surface area contributed by atoms with Crippen LogP contribution < -0.4 is 15.4 Å². The van der Waals surface area contributed by atoms with Gasteiger partial charge in [-0.25, -0.2) is 4.79 Å². The molecule has 29 heavy (non-hydrogen) atoms. The molecule has 3 amide bonds. The molecule has 0 aliphatic carbocycles. The molecule has 2 aromatic carbocycles. The normalized spacial score (nSPS) is 14.3. The standard InChI is InChI=1S/C23H29N3O3/c1-3-17-5-4-6-19(15-17)22(27)26-13-11-20(12-14-26)25-23(28)24-16-18-7-9-21(29-2)10-8-18/h4-10,15,20H,3,11-14,16H2,1-2H3,(H2,24,25,28). The smallest absolute Gasteiger partial charge is 0.315 e. The first-order valence-electron chi connectivity index (χ1n) is 10.1. The van der Waals surface area contributed by atoms with Crippen molar-refractivity contribution in [2.45, 2.75) is 38.8 Å². The number of ether oxygens (including phenoxy) is 1. The molecule has 3 rings (SSSR count). The lowest BCUT2D eigenvalue weighted by molar-refractivity contribution is 0.0708. The lowest BCUT2D eigenvalue weighted by atomic mass is 10.0. The molecule has 1 heterocycles. The van der Waals surface area contributed by atoms with E-state index in [2.05, 4.69) is 17.6 Å². The predicted molar refractivity (Wildman–Crippen MR) is 113 cm³/mol. The van der Waals surface area contributed by atoms with Crippen molar-refractivity contribution in [3.8, 4) is 5.75 Å². The van der Waals surface area contributed by atoms with E-state index < -0.39 is 0 Å². The van der Waals surface area contributed by atoms with Crippen molar-refractivity contribution < 1.29 is 14.3 Å². The molecule has 2 N–H and O–H groups in total. The Kier molecular flexibility index (Phi) is 7.11. The van der Waals surface area contributed by atoms with Crippen molar-refractivity contribution >= 4 is 11.9 Å². The Morgan fingerprint density at radius 2 is 1.79 bits per heavy atom. The van der Waals surface area contributed by atoms with Crippen molar-refractivity contribution in [1.82, 2.24) is 15.5 Å². The number of hydrogen-bond donors (Lipinski definition) is 2. The molecule has 0 saturated carbocycles. The number of rotatable bonds is 6. The summed E-state index contributed by atoms with van der Waals surface area (Å²) in [4.78, 5) is 26.8. The van der Waals surface area contributed by atoms with E-state index in [0.29, 0.717) is 19.6 Å². The van der Waals surface area contributed by atoms with Gasteiger partial charge in [0.25, 0.3) is 5.91 Å². The first kappa shape index (κ1) is 20.7. The van der Waals surface area contributed by atoms with Gasteiger partial charge in [0.1, 0.15) is 5.75 Å². The van der Waals surface area contributed by atoms with E-state index in [0.717, 1.165) is 36.1 Å². The van der Waals surface area contributed by atoms with Crippen LogP contribution in [0.2, 0.25) is 0 Å². The highest BCUT2D eigenvalue weighted by Crippen LogP contribution is 2.16. The molecule has 1 fully saturated rings. The van der Waals surface area contributed by atoms with Crippen molar-refractivity contribution in [3.63, 3.8) is 0 Å². The number of piperidine rings is 1. The molecule has 0 bridgehead atoms. The monoisotopic (exact) mass is 395 g/mol. The summed E-state index contributed by atoms with van der Waals surface area (Å²) in [6, 6.07) is 15.3. The minimum absolute atomic E-state index is 0.0720. The third kappa shape index (κ3) is 5.73. The summed E-state index contributed by atoms with van der Waals surface area (Å²) >= 11 is 0. The number of carbonyl (C=O) groups is 2. The Hall–Kier alpha value is -3.02. The number of methoxy groups -OCH3 is 1. The largest absolute Gasteiger partial charge is 0.497 e. The van der Waals surface area contributed by atoms with Gasteiger partial charge in [-0.05, 0) is 54.7 Å². The quantitative estimate of drug-likeness (QED) is 0.788. The highest BCUT2D eigenvalue weighted by Gasteiger charge is 2.24. The topological polar surface area (TPSA) is 70.7 Å². The fourth-order valence-electron chi connectivity index (χ4n) is 3.50. The second-order valence-electron chi connectivity index (χ2n) is 7.30. The van der Waals surface area contributed by atoms with Gasteiger partial charge < -0.3 is 20.3 Å². The van der Waals surface area contributed by atoms with Gasteiger partial charge in [0.15, 0.2) is 0 Å². The molecular formula is C23H29N3O3. The number of urea groups is 1. The summed E-state index contributed by atoms with van der Waals surface area (Å²) in [5, 5.41) is 5.90. The van der Waals surface area contributed by atoms with Gasteiger partial charge in [0.2, 0.25) is 0 Å². The summed E-state index contributed by atoms with van der Waals surface area (Å²) in [6.07, 6.45) is 2.43. The third-order valence-electron chi connectivity index (χ3n) is 5.31. The van der Waals surface area contributed by atoms with Crippen LogP contribution in [0.5, 0.6) is 5.75 Å². The van der Waals surface area contributed by atoms with Crippen LogP contribution >= 0.6 is 0 Å². The highest BCUT2D eigenvalue weighted by atomic mass is 16.5. The van der Waals surface area contributed by atoms with Gasteiger partial charge in [-0.15, -0.1) is 0 Å². The van der Waals surface area contributed by atoms with Crippen LogP contribution in [0.25, 0.3) is 0 Å². The summed E-state index contributed by atoms with van der Waals surface area (Å²) in [5.41, 5.74) is 2.92. The van der Waals surface area contributed by atoms with Crippen LogP contribution in [0.1, 0.15) is 41.3 Å². The Morgan fingerprint density at radius 3 is 2.45 bits per heavy atom. The Labute approximate surface area is 172 Å². The van der Waals surface area contributed by atoms with Gasteiger partial charge in [-0.2, -0.15) is 0 Å². The minimum Gasteiger partial charge on any atom is -0.497 e. The summed E-state index contributed by atoms with van der Waals surface area (Å²) < 4.78 is 5.13. The second-order valence-corrected chi connectivity index (χ2v) is 7.30. The zero-order chi connectivity index (χ0) is 20.6. The summed E-state index contributed by atoms with van der Waals surface area (Å²) in [7, 11) is 1.63. The molecule has 0 radical (unpaired) electrons. The maximum atomic E-state index is 12.7. The van der Waals surface area contributed by atoms with E-state index in [1.165, 1.54) is 5.56 Å². The molecule has 2 aromatic rings. The Morgan fingerprint density at radius 1 is 1.07 bits per heavy atom. The highest BCUT2D eigenvalue weighted by molar-refractivity contribution is 5.94.